The topological polar surface area (TPSA) is 58.0 Å². The molecule has 1 aromatic heterocycles. The number of hydrogen-bond acceptors (Lipinski definition) is 4. The highest BCUT2D eigenvalue weighted by Crippen LogP contribution is 2.02. The Kier molecular flexibility index (Phi) is 4.11. The molecular formula is C8H12FN3O. The van der Waals surface area contributed by atoms with Crippen molar-refractivity contribution in [2.24, 2.45) is 0 Å². The molecule has 4 nitrogen and oxygen atoms in total. The maximum atomic E-state index is 12.5. The summed E-state index contributed by atoms with van der Waals surface area (Å²) in [7, 11) is 0. The number of aromatic nitrogens is 2. The van der Waals surface area contributed by atoms with Gasteiger partial charge >= 0.3 is 0 Å². The van der Waals surface area contributed by atoms with Crippen LogP contribution in [-0.4, -0.2) is 28.2 Å². The summed E-state index contributed by atoms with van der Waals surface area (Å²) in [5.74, 6) is -0.0647. The number of nitrogens with one attached hydrogen (secondary N) is 1. The first kappa shape index (κ1) is 9.85. The smallest absolute Gasteiger partial charge is 0.217 e. The summed E-state index contributed by atoms with van der Waals surface area (Å²) in [5.41, 5.74) is 0. The Hall–Kier alpha value is -1.23. The van der Waals surface area contributed by atoms with Crippen LogP contribution in [0.2, 0.25) is 0 Å². The molecule has 0 aromatic carbocycles. The molecule has 0 spiro atoms. The van der Waals surface area contributed by atoms with Gasteiger partial charge in [-0.2, -0.15) is 4.39 Å². The second-order valence-electron chi connectivity index (χ2n) is 2.58. The maximum Gasteiger partial charge on any atom is 0.217 e. The Balaban J connectivity index is 2.28. The van der Waals surface area contributed by atoms with Crippen LogP contribution in [-0.2, 0) is 0 Å². The Morgan fingerprint density at radius 1 is 1.38 bits per heavy atom. The third-order valence-electron chi connectivity index (χ3n) is 1.52. The molecule has 0 aliphatic rings. The van der Waals surface area contributed by atoms with Gasteiger partial charge in [0.15, 0.2) is 0 Å². The van der Waals surface area contributed by atoms with Gasteiger partial charge in [0.2, 0.25) is 5.95 Å². The molecule has 0 unspecified atom stereocenters. The summed E-state index contributed by atoms with van der Waals surface area (Å²) < 4.78 is 12.5. The number of halogens is 1. The van der Waals surface area contributed by atoms with Gasteiger partial charge in [-0.05, 0) is 12.8 Å². The van der Waals surface area contributed by atoms with Gasteiger partial charge in [0.05, 0.1) is 0 Å². The van der Waals surface area contributed by atoms with Crippen molar-refractivity contribution >= 4 is 5.82 Å². The van der Waals surface area contributed by atoms with Crippen molar-refractivity contribution in [3.8, 4) is 0 Å². The number of hydrogen-bond donors (Lipinski definition) is 2. The van der Waals surface area contributed by atoms with E-state index in [1.165, 1.54) is 12.4 Å². The SMILES string of the molecule is OCCCCNc1cc(F)ncn1. The lowest BCUT2D eigenvalue weighted by Gasteiger charge is -2.03. The van der Waals surface area contributed by atoms with Gasteiger partial charge in [-0.3, -0.25) is 0 Å². The number of aliphatic hydroxyl groups excluding tert-OH is 1. The highest BCUT2D eigenvalue weighted by atomic mass is 19.1. The minimum atomic E-state index is -0.542. The molecule has 0 bridgehead atoms. The first-order valence-electron chi connectivity index (χ1n) is 4.15. The molecule has 0 atom stereocenters. The molecular weight excluding hydrogens is 173 g/mol. The number of rotatable bonds is 5. The Bertz CT molecular complexity index is 257. The highest BCUT2D eigenvalue weighted by Gasteiger charge is 1.95. The molecule has 0 aliphatic carbocycles. The Labute approximate surface area is 75.8 Å². The molecule has 0 amide bonds. The van der Waals surface area contributed by atoms with Gasteiger partial charge in [0.1, 0.15) is 12.1 Å². The van der Waals surface area contributed by atoms with Crippen molar-refractivity contribution in [2.45, 2.75) is 12.8 Å². The van der Waals surface area contributed by atoms with Gasteiger partial charge in [0, 0.05) is 19.2 Å². The largest absolute Gasteiger partial charge is 0.396 e. The lowest BCUT2D eigenvalue weighted by atomic mass is 10.3. The molecule has 0 aliphatic heterocycles. The van der Waals surface area contributed by atoms with Crippen molar-refractivity contribution < 1.29 is 9.50 Å². The number of aliphatic hydroxyl groups is 1. The van der Waals surface area contributed by atoms with Gasteiger partial charge in [-0.15, -0.1) is 0 Å². The van der Waals surface area contributed by atoms with E-state index in [2.05, 4.69) is 15.3 Å². The molecule has 0 saturated heterocycles. The normalized spacial score (nSPS) is 10.0. The number of unbranched alkanes of at least 4 members (excludes halogenated alkanes) is 1. The molecule has 1 rings (SSSR count). The van der Waals surface area contributed by atoms with Crippen molar-refractivity contribution in [1.82, 2.24) is 9.97 Å². The molecule has 2 N–H and O–H groups in total. The standard InChI is InChI=1S/C8H12FN3O/c9-7-5-8(12-6-11-7)10-3-1-2-4-13/h5-6,13H,1-4H2,(H,10,11,12). The summed E-state index contributed by atoms with van der Waals surface area (Å²) in [4.78, 5) is 7.14. The van der Waals surface area contributed by atoms with Crippen LogP contribution in [0.25, 0.3) is 0 Å². The fraction of sp³-hybridized carbons (Fsp3) is 0.500. The minimum Gasteiger partial charge on any atom is -0.396 e. The van der Waals surface area contributed by atoms with Crippen molar-refractivity contribution in [1.29, 1.82) is 0 Å². The first-order valence-corrected chi connectivity index (χ1v) is 4.15. The maximum absolute atomic E-state index is 12.5. The predicted octanol–water partition coefficient (Wildman–Crippen LogP) is 0.800. The molecule has 1 aromatic rings. The van der Waals surface area contributed by atoms with Gasteiger partial charge in [-0.25, -0.2) is 9.97 Å². The third kappa shape index (κ3) is 3.80. The van der Waals surface area contributed by atoms with Crippen LogP contribution in [0.15, 0.2) is 12.4 Å². The summed E-state index contributed by atoms with van der Waals surface area (Å²) in [6.45, 7) is 0.858. The van der Waals surface area contributed by atoms with Gasteiger partial charge in [0.25, 0.3) is 0 Å². The van der Waals surface area contributed by atoms with Crippen molar-refractivity contribution in [3.05, 3.63) is 18.3 Å². The lowest BCUT2D eigenvalue weighted by molar-refractivity contribution is 0.286. The van der Waals surface area contributed by atoms with Crippen molar-refractivity contribution in [2.75, 3.05) is 18.5 Å². The Morgan fingerprint density at radius 3 is 2.92 bits per heavy atom. The van der Waals surface area contributed by atoms with Crippen LogP contribution >= 0.6 is 0 Å². The van der Waals surface area contributed by atoms with E-state index in [1.54, 1.807) is 0 Å². The number of nitrogens with zero attached hydrogens (tertiary/aromatic N) is 2. The van der Waals surface area contributed by atoms with Crippen LogP contribution in [0.5, 0.6) is 0 Å². The van der Waals surface area contributed by atoms with Crippen LogP contribution in [0.1, 0.15) is 12.8 Å². The van der Waals surface area contributed by atoms with E-state index in [9.17, 15) is 4.39 Å². The molecule has 0 radical (unpaired) electrons. The van der Waals surface area contributed by atoms with E-state index in [1.807, 2.05) is 0 Å². The van der Waals surface area contributed by atoms with E-state index in [0.29, 0.717) is 12.4 Å². The van der Waals surface area contributed by atoms with E-state index in [4.69, 9.17) is 5.11 Å². The fourth-order valence-electron chi connectivity index (χ4n) is 0.884. The molecule has 72 valence electrons. The van der Waals surface area contributed by atoms with E-state index in [0.717, 1.165) is 12.8 Å². The zero-order chi connectivity index (χ0) is 9.52. The summed E-state index contributed by atoms with van der Waals surface area (Å²) >= 11 is 0. The lowest BCUT2D eigenvalue weighted by Crippen LogP contribution is -2.04. The molecule has 0 saturated carbocycles. The van der Waals surface area contributed by atoms with Crippen LogP contribution in [0.4, 0.5) is 10.2 Å². The van der Waals surface area contributed by atoms with E-state index >= 15 is 0 Å². The fourth-order valence-corrected chi connectivity index (χ4v) is 0.884. The molecule has 13 heavy (non-hydrogen) atoms. The zero-order valence-corrected chi connectivity index (χ0v) is 7.20. The average molecular weight is 185 g/mol. The Morgan fingerprint density at radius 2 is 2.23 bits per heavy atom. The summed E-state index contributed by atoms with van der Waals surface area (Å²) in [6.07, 6.45) is 2.74. The molecule has 0 fully saturated rings. The van der Waals surface area contributed by atoms with Crippen LogP contribution < -0.4 is 5.32 Å². The van der Waals surface area contributed by atoms with Crippen molar-refractivity contribution in [3.63, 3.8) is 0 Å². The van der Waals surface area contributed by atoms with Gasteiger partial charge < -0.3 is 10.4 Å². The molecule has 1 heterocycles. The minimum absolute atomic E-state index is 0.180. The van der Waals surface area contributed by atoms with Gasteiger partial charge in [-0.1, -0.05) is 0 Å². The first-order chi connectivity index (χ1) is 6.33. The summed E-state index contributed by atoms with van der Waals surface area (Å²) in [5, 5.41) is 11.4. The third-order valence-corrected chi connectivity index (χ3v) is 1.52. The summed E-state index contributed by atoms with van der Waals surface area (Å²) in [6, 6.07) is 1.24. The van der Waals surface area contributed by atoms with E-state index < -0.39 is 5.95 Å². The second-order valence-corrected chi connectivity index (χ2v) is 2.58. The second kappa shape index (κ2) is 5.42. The number of anilines is 1. The zero-order valence-electron chi connectivity index (χ0n) is 7.20. The predicted molar refractivity (Wildman–Crippen MR) is 46.8 cm³/mol. The average Bonchev–Trinajstić information content (AvgIpc) is 2.13. The van der Waals surface area contributed by atoms with E-state index in [-0.39, 0.29) is 6.61 Å². The van der Waals surface area contributed by atoms with Crippen LogP contribution in [0, 0.1) is 5.95 Å². The van der Waals surface area contributed by atoms with Crippen LogP contribution in [0.3, 0.4) is 0 Å². The highest BCUT2D eigenvalue weighted by molar-refractivity contribution is 5.31. The monoisotopic (exact) mass is 185 g/mol. The molecule has 5 heteroatoms. The quantitative estimate of drug-likeness (QED) is 0.526.